The van der Waals surface area contributed by atoms with Gasteiger partial charge in [0.15, 0.2) is 6.29 Å². The summed E-state index contributed by atoms with van der Waals surface area (Å²) >= 11 is 3.43. The lowest BCUT2D eigenvalue weighted by molar-refractivity contribution is 0.112. The van der Waals surface area contributed by atoms with E-state index < -0.39 is 0 Å². The molecular weight excluding hydrogens is 256 g/mol. The first-order valence-corrected chi connectivity index (χ1v) is 6.12. The number of hydrogen-bond donors (Lipinski definition) is 1. The Hall–Kier alpha value is -0.830. The van der Waals surface area contributed by atoms with Gasteiger partial charge in [0.2, 0.25) is 0 Å². The number of alkyl halides is 1. The number of carbonyl (C=O) groups is 1. The van der Waals surface area contributed by atoms with Crippen LogP contribution in [0.2, 0.25) is 0 Å². The van der Waals surface area contributed by atoms with Crippen LogP contribution in [0.3, 0.4) is 0 Å². The van der Waals surface area contributed by atoms with E-state index in [1.165, 1.54) is 0 Å². The molecule has 0 saturated heterocycles. The van der Waals surface area contributed by atoms with Crippen LogP contribution in [-0.4, -0.2) is 16.7 Å². The first kappa shape index (κ1) is 12.2. The molecule has 0 fully saturated rings. The predicted octanol–water partition coefficient (Wildman–Crippen LogP) is 3.17. The zero-order valence-corrected chi connectivity index (χ0v) is 10.3. The molecule has 2 nitrogen and oxygen atoms in total. The summed E-state index contributed by atoms with van der Waals surface area (Å²) in [5.74, 6) is 0.681. The van der Waals surface area contributed by atoms with E-state index in [1.807, 2.05) is 6.07 Å². The van der Waals surface area contributed by atoms with E-state index >= 15 is 0 Å². The molecule has 15 heavy (non-hydrogen) atoms. The lowest BCUT2D eigenvalue weighted by Gasteiger charge is -2.07. The Morgan fingerprint density at radius 1 is 1.53 bits per heavy atom. The van der Waals surface area contributed by atoms with Crippen molar-refractivity contribution in [2.45, 2.75) is 19.8 Å². The second-order valence-electron chi connectivity index (χ2n) is 3.81. The van der Waals surface area contributed by atoms with Crippen molar-refractivity contribution in [1.82, 2.24) is 0 Å². The second-order valence-corrected chi connectivity index (χ2v) is 4.46. The Morgan fingerprint density at radius 2 is 2.27 bits per heavy atom. The molecule has 3 heteroatoms. The summed E-state index contributed by atoms with van der Waals surface area (Å²) < 4.78 is 0. The zero-order valence-electron chi connectivity index (χ0n) is 8.74. The van der Waals surface area contributed by atoms with Gasteiger partial charge in [0.1, 0.15) is 5.75 Å². The molecule has 1 unspecified atom stereocenters. The minimum Gasteiger partial charge on any atom is -0.507 e. The number of aryl methyl sites for hydroxylation is 1. The van der Waals surface area contributed by atoms with Gasteiger partial charge in [-0.15, -0.1) is 0 Å². The third kappa shape index (κ3) is 3.67. The molecule has 1 atom stereocenters. The zero-order chi connectivity index (χ0) is 11.3. The molecule has 1 rings (SSSR count). The van der Waals surface area contributed by atoms with Crippen molar-refractivity contribution in [3.05, 3.63) is 29.3 Å². The molecule has 0 amide bonds. The Morgan fingerprint density at radius 3 is 2.87 bits per heavy atom. The lowest BCUT2D eigenvalue weighted by Crippen LogP contribution is -1.98. The van der Waals surface area contributed by atoms with Gasteiger partial charge in [-0.3, -0.25) is 4.79 Å². The molecule has 0 heterocycles. The van der Waals surface area contributed by atoms with Crippen LogP contribution < -0.4 is 0 Å². The molecule has 0 bridgehead atoms. The smallest absolute Gasteiger partial charge is 0.153 e. The summed E-state index contributed by atoms with van der Waals surface area (Å²) in [7, 11) is 0. The highest BCUT2D eigenvalue weighted by atomic mass is 79.9. The summed E-state index contributed by atoms with van der Waals surface area (Å²) in [5.41, 5.74) is 1.47. The van der Waals surface area contributed by atoms with Gasteiger partial charge in [-0.25, -0.2) is 0 Å². The van der Waals surface area contributed by atoms with Crippen LogP contribution in [0.4, 0.5) is 0 Å². The summed E-state index contributed by atoms with van der Waals surface area (Å²) in [4.78, 5) is 10.6. The maximum Gasteiger partial charge on any atom is 0.153 e. The standard InChI is InChI=1S/C12H15BrO2/c1-9(7-13)2-3-10-4-5-12(15)11(6-10)8-14/h4-6,8-9,15H,2-3,7H2,1H3. The van der Waals surface area contributed by atoms with Gasteiger partial charge in [0.05, 0.1) is 5.56 Å². The summed E-state index contributed by atoms with van der Waals surface area (Å²) in [6.07, 6.45) is 2.70. The minimum atomic E-state index is 0.0577. The first-order chi connectivity index (χ1) is 7.17. The Labute approximate surface area is 98.4 Å². The Bertz CT molecular complexity index is 336. The summed E-state index contributed by atoms with van der Waals surface area (Å²) in [5, 5.41) is 10.3. The van der Waals surface area contributed by atoms with Crippen LogP contribution >= 0.6 is 15.9 Å². The molecule has 82 valence electrons. The number of halogens is 1. The number of hydrogen-bond acceptors (Lipinski definition) is 2. The van der Waals surface area contributed by atoms with Gasteiger partial charge < -0.3 is 5.11 Å². The second kappa shape index (κ2) is 5.91. The fourth-order valence-corrected chi connectivity index (χ4v) is 1.67. The van der Waals surface area contributed by atoms with Crippen LogP contribution in [-0.2, 0) is 6.42 Å². The van der Waals surface area contributed by atoms with Gasteiger partial charge in [-0.05, 0) is 36.5 Å². The van der Waals surface area contributed by atoms with Crippen LogP contribution in [0, 0.1) is 5.92 Å². The number of aromatic hydroxyl groups is 1. The number of carbonyl (C=O) groups excluding carboxylic acids is 1. The molecule has 0 radical (unpaired) electrons. The molecule has 0 spiro atoms. The number of rotatable bonds is 5. The van der Waals surface area contributed by atoms with E-state index in [0.717, 1.165) is 23.7 Å². The van der Waals surface area contributed by atoms with Crippen LogP contribution in [0.5, 0.6) is 5.75 Å². The number of phenolic OH excluding ortho intramolecular Hbond substituents is 1. The average molecular weight is 271 g/mol. The number of benzene rings is 1. The van der Waals surface area contributed by atoms with Gasteiger partial charge in [0.25, 0.3) is 0 Å². The SMILES string of the molecule is CC(CBr)CCc1ccc(O)c(C=O)c1. The molecule has 0 aliphatic rings. The van der Waals surface area contributed by atoms with Crippen LogP contribution in [0.25, 0.3) is 0 Å². The van der Waals surface area contributed by atoms with E-state index in [2.05, 4.69) is 22.9 Å². The molecular formula is C12H15BrO2. The topological polar surface area (TPSA) is 37.3 Å². The van der Waals surface area contributed by atoms with Crippen molar-refractivity contribution in [3.8, 4) is 5.75 Å². The normalized spacial score (nSPS) is 12.4. The van der Waals surface area contributed by atoms with E-state index in [0.29, 0.717) is 17.8 Å². The van der Waals surface area contributed by atoms with Crippen molar-refractivity contribution >= 4 is 22.2 Å². The molecule has 0 aliphatic carbocycles. The fraction of sp³-hybridized carbons (Fsp3) is 0.417. The average Bonchev–Trinajstić information content (AvgIpc) is 2.27. The number of aldehydes is 1. The van der Waals surface area contributed by atoms with Gasteiger partial charge >= 0.3 is 0 Å². The third-order valence-electron chi connectivity index (χ3n) is 2.41. The van der Waals surface area contributed by atoms with Gasteiger partial charge in [-0.2, -0.15) is 0 Å². The highest BCUT2D eigenvalue weighted by Crippen LogP contribution is 2.18. The van der Waals surface area contributed by atoms with Crippen LogP contribution in [0.15, 0.2) is 18.2 Å². The monoisotopic (exact) mass is 270 g/mol. The Balaban J connectivity index is 2.66. The van der Waals surface area contributed by atoms with E-state index in [4.69, 9.17) is 0 Å². The summed E-state index contributed by atoms with van der Waals surface area (Å²) in [6, 6.07) is 5.20. The maximum atomic E-state index is 10.6. The molecule has 0 aliphatic heterocycles. The molecule has 0 saturated carbocycles. The molecule has 1 aromatic rings. The molecule has 1 aromatic carbocycles. The van der Waals surface area contributed by atoms with Gasteiger partial charge in [-0.1, -0.05) is 28.9 Å². The summed E-state index contributed by atoms with van der Waals surface area (Å²) in [6.45, 7) is 2.18. The highest BCUT2D eigenvalue weighted by Gasteiger charge is 2.04. The van der Waals surface area contributed by atoms with Crippen LogP contribution in [0.1, 0.15) is 29.3 Å². The van der Waals surface area contributed by atoms with Crippen molar-refractivity contribution in [3.63, 3.8) is 0 Å². The van der Waals surface area contributed by atoms with Crippen molar-refractivity contribution in [1.29, 1.82) is 0 Å². The van der Waals surface area contributed by atoms with E-state index in [-0.39, 0.29) is 5.75 Å². The van der Waals surface area contributed by atoms with E-state index in [1.54, 1.807) is 12.1 Å². The quantitative estimate of drug-likeness (QED) is 0.659. The van der Waals surface area contributed by atoms with Gasteiger partial charge in [0, 0.05) is 5.33 Å². The Kier molecular flexibility index (Phi) is 4.82. The largest absolute Gasteiger partial charge is 0.507 e. The molecule has 0 aromatic heterocycles. The lowest BCUT2D eigenvalue weighted by atomic mass is 10.0. The van der Waals surface area contributed by atoms with Crippen molar-refractivity contribution in [2.24, 2.45) is 5.92 Å². The van der Waals surface area contributed by atoms with E-state index in [9.17, 15) is 9.90 Å². The first-order valence-electron chi connectivity index (χ1n) is 5.00. The molecule has 1 N–H and O–H groups in total. The van der Waals surface area contributed by atoms with Crippen molar-refractivity contribution < 1.29 is 9.90 Å². The van der Waals surface area contributed by atoms with Crippen molar-refractivity contribution in [2.75, 3.05) is 5.33 Å². The number of phenols is 1. The maximum absolute atomic E-state index is 10.6. The minimum absolute atomic E-state index is 0.0577. The fourth-order valence-electron chi connectivity index (χ4n) is 1.34. The third-order valence-corrected chi connectivity index (χ3v) is 3.51. The highest BCUT2D eigenvalue weighted by molar-refractivity contribution is 9.09. The predicted molar refractivity (Wildman–Crippen MR) is 64.8 cm³/mol.